The molecule has 0 heterocycles. The summed E-state index contributed by atoms with van der Waals surface area (Å²) in [6.45, 7) is 2.41. The van der Waals surface area contributed by atoms with Gasteiger partial charge in [-0.2, -0.15) is 0 Å². The molecule has 11 rings (SSSR count). The monoisotopic (exact) mass is 765 g/mol. The first-order chi connectivity index (χ1) is 29.6. The van der Waals surface area contributed by atoms with Crippen molar-refractivity contribution in [2.24, 2.45) is 0 Å². The molecule has 0 amide bonds. The van der Waals surface area contributed by atoms with E-state index in [2.05, 4.69) is 242 Å². The largest absolute Gasteiger partial charge is 0.311 e. The molecule has 0 saturated carbocycles. The first-order valence-electron chi connectivity index (χ1n) is 21.0. The molecule has 0 bridgehead atoms. The lowest BCUT2D eigenvalue weighted by Gasteiger charge is -2.38. The zero-order valence-corrected chi connectivity index (χ0v) is 33.6. The van der Waals surface area contributed by atoms with E-state index in [1.165, 1.54) is 82.0 Å². The highest BCUT2D eigenvalue weighted by Gasteiger charge is 2.35. The van der Waals surface area contributed by atoms with Gasteiger partial charge in [0.25, 0.3) is 0 Å². The number of benzene rings is 10. The highest BCUT2D eigenvalue weighted by atomic mass is 15.1. The van der Waals surface area contributed by atoms with Gasteiger partial charge in [-0.3, -0.25) is 0 Å². The van der Waals surface area contributed by atoms with E-state index < -0.39 is 0 Å². The van der Waals surface area contributed by atoms with E-state index in [9.17, 15) is 0 Å². The number of nitrogens with zero attached hydrogens (tertiary/aromatic N) is 1. The third-order valence-corrected chi connectivity index (χ3v) is 12.8. The highest BCUT2D eigenvalue weighted by molar-refractivity contribution is 6.17. The molecule has 10 aromatic rings. The lowest BCUT2D eigenvalue weighted by Crippen LogP contribution is -2.28. The second-order valence-electron chi connectivity index (χ2n) is 16.3. The smallest absolute Gasteiger partial charge is 0.0461 e. The third kappa shape index (κ3) is 6.27. The minimum absolute atomic E-state index is 0.228. The van der Waals surface area contributed by atoms with Crippen molar-refractivity contribution in [3.05, 3.63) is 247 Å². The molecule has 0 aromatic heterocycles. The lowest BCUT2D eigenvalue weighted by molar-refractivity contribution is 0.617. The van der Waals surface area contributed by atoms with Gasteiger partial charge in [0.2, 0.25) is 0 Å². The molecule has 0 spiro atoms. The molecule has 1 heteroatoms. The molecule has 0 radical (unpaired) electrons. The Balaban J connectivity index is 1.02. The van der Waals surface area contributed by atoms with Crippen molar-refractivity contribution in [3.63, 3.8) is 0 Å². The molecule has 0 saturated heterocycles. The van der Waals surface area contributed by atoms with E-state index in [0.717, 1.165) is 23.5 Å². The SMILES string of the molecule is CC1(c2ccc3ccccc3c2)CC=C(N(c2ccc(-c3ccccc3)cc2)c2ccc(-c3ccc4ccc5c6ccccc6ccc5c4c3)cc2)C=C1c1ccccc1. The van der Waals surface area contributed by atoms with Crippen LogP contribution in [0.2, 0.25) is 0 Å². The summed E-state index contributed by atoms with van der Waals surface area (Å²) in [7, 11) is 0. The predicted octanol–water partition coefficient (Wildman–Crippen LogP) is 16.1. The first-order valence-corrected chi connectivity index (χ1v) is 21.0. The van der Waals surface area contributed by atoms with Crippen molar-refractivity contribution >= 4 is 60.0 Å². The van der Waals surface area contributed by atoms with Crippen LogP contribution in [0.5, 0.6) is 0 Å². The van der Waals surface area contributed by atoms with Crippen molar-refractivity contribution in [1.29, 1.82) is 0 Å². The molecule has 0 N–H and O–H groups in total. The van der Waals surface area contributed by atoms with Crippen LogP contribution in [0, 0.1) is 0 Å². The van der Waals surface area contributed by atoms with Gasteiger partial charge in [-0.25, -0.2) is 0 Å². The summed E-state index contributed by atoms with van der Waals surface area (Å²) in [5.74, 6) is 0. The first kappa shape index (κ1) is 35.7. The average molecular weight is 766 g/mol. The predicted molar refractivity (Wildman–Crippen MR) is 257 cm³/mol. The quantitative estimate of drug-likeness (QED) is 0.146. The van der Waals surface area contributed by atoms with E-state index in [1.54, 1.807) is 0 Å². The average Bonchev–Trinajstić information content (AvgIpc) is 3.32. The van der Waals surface area contributed by atoms with Crippen LogP contribution < -0.4 is 4.90 Å². The number of fused-ring (bicyclic) bond motifs is 6. The van der Waals surface area contributed by atoms with Crippen molar-refractivity contribution in [2.75, 3.05) is 4.90 Å². The molecule has 1 nitrogen and oxygen atoms in total. The maximum atomic E-state index is 2.44. The molecule has 10 aromatic carbocycles. The van der Waals surface area contributed by atoms with Gasteiger partial charge in [-0.15, -0.1) is 0 Å². The minimum atomic E-state index is -0.228. The highest BCUT2D eigenvalue weighted by Crippen LogP contribution is 2.48. The standard InChI is InChI=1S/C59H43N/c1-59(50-29-22-42-14-8-9-18-48(42)38-50)37-36-53(40-58(59)47-16-6-3-7-17-47)60(51-30-23-43(24-31-51)41-12-4-2-5-13-41)52-32-25-44(26-33-52)49-21-20-46-28-34-55-54-19-11-10-15-45(54)27-35-56(55)57(46)39-49/h2-36,38-40H,37H2,1H3. The summed E-state index contributed by atoms with van der Waals surface area (Å²) >= 11 is 0. The Morgan fingerprint density at radius 3 is 1.57 bits per heavy atom. The maximum Gasteiger partial charge on any atom is 0.0461 e. The van der Waals surface area contributed by atoms with E-state index in [-0.39, 0.29) is 5.41 Å². The fourth-order valence-electron chi connectivity index (χ4n) is 9.45. The molecule has 1 aliphatic carbocycles. The van der Waals surface area contributed by atoms with E-state index >= 15 is 0 Å². The summed E-state index contributed by atoms with van der Waals surface area (Å²) in [6.07, 6.45) is 5.74. The normalized spacial score (nSPS) is 15.3. The van der Waals surface area contributed by atoms with Gasteiger partial charge in [0.1, 0.15) is 0 Å². The van der Waals surface area contributed by atoms with Crippen molar-refractivity contribution in [1.82, 2.24) is 0 Å². The van der Waals surface area contributed by atoms with Gasteiger partial charge >= 0.3 is 0 Å². The molecular weight excluding hydrogens is 723 g/mol. The fourth-order valence-corrected chi connectivity index (χ4v) is 9.45. The van der Waals surface area contributed by atoms with Crippen LogP contribution in [0.4, 0.5) is 11.4 Å². The zero-order valence-electron chi connectivity index (χ0n) is 33.6. The van der Waals surface area contributed by atoms with Crippen molar-refractivity contribution in [2.45, 2.75) is 18.8 Å². The van der Waals surface area contributed by atoms with Gasteiger partial charge in [-0.05, 0) is 125 Å². The number of allylic oxidation sites excluding steroid dienone is 3. The summed E-state index contributed by atoms with van der Waals surface area (Å²) in [5, 5.41) is 10.2. The Morgan fingerprint density at radius 2 is 0.867 bits per heavy atom. The van der Waals surface area contributed by atoms with Gasteiger partial charge in [0.15, 0.2) is 0 Å². The molecule has 284 valence electrons. The number of anilines is 2. The van der Waals surface area contributed by atoms with Crippen LogP contribution in [0.25, 0.3) is 70.9 Å². The Kier molecular flexibility index (Phi) is 8.75. The molecular formula is C59H43N. The maximum absolute atomic E-state index is 2.44. The van der Waals surface area contributed by atoms with Gasteiger partial charge < -0.3 is 4.90 Å². The molecule has 1 aliphatic rings. The fraction of sp³-hybridized carbons (Fsp3) is 0.0508. The molecule has 60 heavy (non-hydrogen) atoms. The van der Waals surface area contributed by atoms with Gasteiger partial charge in [-0.1, -0.05) is 201 Å². The minimum Gasteiger partial charge on any atom is -0.311 e. The van der Waals surface area contributed by atoms with Crippen LogP contribution in [-0.4, -0.2) is 0 Å². The molecule has 1 unspecified atom stereocenters. The third-order valence-electron chi connectivity index (χ3n) is 12.8. The van der Waals surface area contributed by atoms with Crippen LogP contribution in [-0.2, 0) is 5.41 Å². The summed E-state index contributed by atoms with van der Waals surface area (Å²) in [6, 6.07) is 80.1. The molecule has 0 fully saturated rings. The Morgan fingerprint density at radius 1 is 0.367 bits per heavy atom. The number of rotatable bonds is 7. The second-order valence-corrected chi connectivity index (χ2v) is 16.3. The lowest BCUT2D eigenvalue weighted by atomic mass is 9.68. The number of hydrogen-bond acceptors (Lipinski definition) is 1. The van der Waals surface area contributed by atoms with Gasteiger partial charge in [0, 0.05) is 22.5 Å². The van der Waals surface area contributed by atoms with Crippen molar-refractivity contribution < 1.29 is 0 Å². The Hall–Kier alpha value is -7.48. The topological polar surface area (TPSA) is 3.24 Å². The van der Waals surface area contributed by atoms with E-state index in [0.29, 0.717) is 0 Å². The van der Waals surface area contributed by atoms with Crippen LogP contribution in [0.3, 0.4) is 0 Å². The van der Waals surface area contributed by atoms with Crippen LogP contribution in [0.1, 0.15) is 24.5 Å². The van der Waals surface area contributed by atoms with Crippen LogP contribution in [0.15, 0.2) is 236 Å². The van der Waals surface area contributed by atoms with Gasteiger partial charge in [0.05, 0.1) is 0 Å². The Bertz CT molecular complexity index is 3270. The second kappa shape index (κ2) is 14.7. The summed E-state index contributed by atoms with van der Waals surface area (Å²) in [4.78, 5) is 2.43. The molecule has 0 aliphatic heterocycles. The van der Waals surface area contributed by atoms with Crippen molar-refractivity contribution in [3.8, 4) is 22.3 Å². The van der Waals surface area contributed by atoms with E-state index in [1.807, 2.05) is 0 Å². The molecule has 1 atom stereocenters. The van der Waals surface area contributed by atoms with E-state index in [4.69, 9.17) is 0 Å². The summed E-state index contributed by atoms with van der Waals surface area (Å²) in [5.41, 5.74) is 11.9. The Labute approximate surface area is 351 Å². The van der Waals surface area contributed by atoms with Crippen LogP contribution >= 0.6 is 0 Å². The summed E-state index contributed by atoms with van der Waals surface area (Å²) < 4.78 is 0. The number of hydrogen-bond donors (Lipinski definition) is 0. The zero-order chi connectivity index (χ0) is 40.0.